The van der Waals surface area contributed by atoms with Gasteiger partial charge in [-0.1, -0.05) is 19.6 Å². The zero-order chi connectivity index (χ0) is 26.7. The maximum Gasteiger partial charge on any atom is 0.252 e. The summed E-state index contributed by atoms with van der Waals surface area (Å²) in [5.74, 6) is 0.568. The molecule has 1 aliphatic heterocycles. The number of aromatic nitrogens is 2. The molecule has 1 saturated carbocycles. The fraction of sp³-hybridized carbons (Fsp3) is 0.467. The Morgan fingerprint density at radius 3 is 2.62 bits per heavy atom. The summed E-state index contributed by atoms with van der Waals surface area (Å²) < 4.78 is 7.31. The lowest BCUT2D eigenvalue weighted by Crippen LogP contribution is -2.41. The molecule has 2 aliphatic rings. The lowest BCUT2D eigenvalue weighted by atomic mass is 9.92. The molecule has 2 atom stereocenters. The van der Waals surface area contributed by atoms with Gasteiger partial charge in [-0.25, -0.2) is 0 Å². The molecule has 1 saturated heterocycles. The third-order valence-electron chi connectivity index (χ3n) is 7.85. The average molecular weight is 506 g/mol. The Labute approximate surface area is 223 Å². The van der Waals surface area contributed by atoms with Gasteiger partial charge in [-0.05, 0) is 74.1 Å². The molecule has 1 aromatic heterocycles. The van der Waals surface area contributed by atoms with Gasteiger partial charge in [0.1, 0.15) is 5.75 Å². The van der Waals surface area contributed by atoms with Crippen LogP contribution < -0.4 is 10.1 Å². The second kappa shape index (κ2) is 11.4. The summed E-state index contributed by atoms with van der Waals surface area (Å²) in [5, 5.41) is 7.43. The van der Waals surface area contributed by atoms with Crippen molar-refractivity contribution in [3.8, 4) is 16.9 Å². The number of likely N-dealkylation sites (N-methyl/N-ethyl adjacent to an activating group) is 1. The molecule has 7 nitrogen and oxygen atoms in total. The van der Waals surface area contributed by atoms with Crippen LogP contribution in [-0.4, -0.2) is 64.8 Å². The normalized spacial score (nSPS) is 19.3. The first-order valence-electron chi connectivity index (χ1n) is 13.2. The van der Waals surface area contributed by atoms with Crippen molar-refractivity contribution >= 4 is 5.91 Å². The Bertz CT molecular complexity index is 1200. The number of carbonyl (C=O) groups excluding carboxylic acids is 1. The zero-order valence-corrected chi connectivity index (χ0v) is 23.0. The molecule has 1 amide bonds. The van der Waals surface area contributed by atoms with Gasteiger partial charge in [0.05, 0.1) is 19.3 Å². The molecule has 0 radical (unpaired) electrons. The number of nitrogens with zero attached hydrogens (tertiary/aromatic N) is 4. The van der Waals surface area contributed by atoms with E-state index < -0.39 is 0 Å². The predicted octanol–water partition coefficient (Wildman–Crippen LogP) is 5.09. The topological polar surface area (TPSA) is 62.6 Å². The van der Waals surface area contributed by atoms with Crippen LogP contribution >= 0.6 is 0 Å². The van der Waals surface area contributed by atoms with E-state index in [9.17, 15) is 4.79 Å². The van der Waals surface area contributed by atoms with E-state index in [4.69, 9.17) is 4.74 Å². The van der Waals surface area contributed by atoms with Crippen LogP contribution in [0.3, 0.4) is 0 Å². The fourth-order valence-electron chi connectivity index (χ4n) is 5.14. The fourth-order valence-corrected chi connectivity index (χ4v) is 5.14. The highest BCUT2D eigenvalue weighted by Crippen LogP contribution is 2.31. The summed E-state index contributed by atoms with van der Waals surface area (Å²) >= 11 is 0. The van der Waals surface area contributed by atoms with Gasteiger partial charge in [0.2, 0.25) is 0 Å². The monoisotopic (exact) mass is 505 g/mol. The summed E-state index contributed by atoms with van der Waals surface area (Å²) in [6, 6.07) is 6.93. The Hall–Kier alpha value is -3.32. The summed E-state index contributed by atoms with van der Waals surface area (Å²) in [6.45, 7) is 14.4. The maximum absolute atomic E-state index is 13.4. The molecular weight excluding hydrogens is 462 g/mol. The molecule has 1 N–H and O–H groups in total. The first-order valence-corrected chi connectivity index (χ1v) is 13.2. The van der Waals surface area contributed by atoms with Crippen molar-refractivity contribution in [3.05, 3.63) is 72.2 Å². The summed E-state index contributed by atoms with van der Waals surface area (Å²) in [6.07, 6.45) is 10.8. The lowest BCUT2D eigenvalue weighted by molar-refractivity contribution is -0.117. The Morgan fingerprint density at radius 1 is 1.27 bits per heavy atom. The van der Waals surface area contributed by atoms with Gasteiger partial charge in [-0.2, -0.15) is 5.10 Å². The van der Waals surface area contributed by atoms with Crippen LogP contribution in [0, 0.1) is 0 Å². The molecular formula is C30H43N5O2. The number of amides is 1. The van der Waals surface area contributed by atoms with Crippen LogP contribution in [-0.2, 0) is 11.8 Å². The van der Waals surface area contributed by atoms with Crippen molar-refractivity contribution in [2.45, 2.75) is 57.7 Å². The van der Waals surface area contributed by atoms with Crippen molar-refractivity contribution in [2.75, 3.05) is 27.2 Å². The molecule has 0 unspecified atom stereocenters. The molecule has 7 heteroatoms. The first-order chi connectivity index (χ1) is 17.7. The molecule has 1 aromatic carbocycles. The highest BCUT2D eigenvalue weighted by atomic mass is 16.5. The zero-order valence-electron chi connectivity index (χ0n) is 23.0. The van der Waals surface area contributed by atoms with Crippen molar-refractivity contribution in [1.29, 1.82) is 0 Å². The first kappa shape index (κ1) is 26.7. The van der Waals surface area contributed by atoms with Crippen LogP contribution in [0.15, 0.2) is 66.7 Å². The van der Waals surface area contributed by atoms with E-state index in [0.717, 1.165) is 53.7 Å². The van der Waals surface area contributed by atoms with Crippen LogP contribution in [0.25, 0.3) is 11.1 Å². The molecule has 2 heterocycles. The van der Waals surface area contributed by atoms with Gasteiger partial charge in [0, 0.05) is 63.7 Å². The average Bonchev–Trinajstić information content (AvgIpc) is 3.49. The van der Waals surface area contributed by atoms with E-state index in [1.807, 2.05) is 51.5 Å². The largest absolute Gasteiger partial charge is 0.497 e. The highest BCUT2D eigenvalue weighted by molar-refractivity contribution is 5.98. The number of rotatable bonds is 10. The Balaban J connectivity index is 0.00000400. The SMILES string of the molecule is C=C(C)/C(=C\C(=C)N(C)[C@@H]1CCN(C2CCC2)C1)C(=O)N[C@H](C)c1cc(OC)cc(-c2cnn(C)c2)c1.[HH]. The van der Waals surface area contributed by atoms with Crippen molar-refractivity contribution in [3.63, 3.8) is 0 Å². The van der Waals surface area contributed by atoms with Crippen molar-refractivity contribution in [1.82, 2.24) is 24.9 Å². The number of ether oxygens (including phenoxy) is 1. The molecule has 200 valence electrons. The van der Waals surface area contributed by atoms with Gasteiger partial charge in [-0.15, -0.1) is 0 Å². The summed E-state index contributed by atoms with van der Waals surface area (Å²) in [4.78, 5) is 18.2. The second-order valence-corrected chi connectivity index (χ2v) is 10.6. The van der Waals surface area contributed by atoms with Gasteiger partial charge in [0.15, 0.2) is 0 Å². The number of likely N-dealkylation sites (tertiary alicyclic amines) is 1. The second-order valence-electron chi connectivity index (χ2n) is 10.6. The minimum absolute atomic E-state index is 0. The van der Waals surface area contributed by atoms with Gasteiger partial charge in [-0.3, -0.25) is 14.4 Å². The molecule has 0 bridgehead atoms. The Kier molecular flexibility index (Phi) is 8.22. The van der Waals surface area contributed by atoms with Gasteiger partial charge in [0.25, 0.3) is 5.91 Å². The van der Waals surface area contributed by atoms with Crippen LogP contribution in [0.4, 0.5) is 0 Å². The van der Waals surface area contributed by atoms with Crippen LogP contribution in [0.1, 0.15) is 52.6 Å². The smallest absolute Gasteiger partial charge is 0.252 e. The van der Waals surface area contributed by atoms with Gasteiger partial charge >= 0.3 is 0 Å². The van der Waals surface area contributed by atoms with E-state index in [-0.39, 0.29) is 13.4 Å². The number of allylic oxidation sites excluding steroid dienone is 1. The van der Waals surface area contributed by atoms with Crippen molar-refractivity contribution < 1.29 is 11.0 Å². The number of carbonyl (C=O) groups is 1. The number of benzene rings is 1. The van der Waals surface area contributed by atoms with E-state index in [0.29, 0.717) is 17.2 Å². The molecule has 4 rings (SSSR count). The molecule has 1 aliphatic carbocycles. The van der Waals surface area contributed by atoms with Gasteiger partial charge < -0.3 is 15.0 Å². The Morgan fingerprint density at radius 2 is 2.03 bits per heavy atom. The number of hydrogen-bond acceptors (Lipinski definition) is 5. The minimum atomic E-state index is -0.238. The number of nitrogens with one attached hydrogen (secondary N) is 1. The number of hydrogen-bond donors (Lipinski definition) is 1. The summed E-state index contributed by atoms with van der Waals surface area (Å²) in [5.41, 5.74) is 5.02. The van der Waals surface area contributed by atoms with Crippen LogP contribution in [0.5, 0.6) is 5.75 Å². The third-order valence-corrected chi connectivity index (χ3v) is 7.85. The quantitative estimate of drug-likeness (QED) is 0.360. The molecule has 2 aromatic rings. The molecule has 2 fully saturated rings. The standard InChI is InChI=1S/C30H41N5O2.H2/c1-20(2)29(13-21(3)34(6)27-11-12-35(19-27)26-9-8-10-26)30(36)32-22(4)23-14-24(16-28(15-23)37-7)25-17-31-33(5)18-25;/h13-18,22,26-27H,1,3,8-12,19H2,2,4-7H3,(H,32,36);1H/b29-13+;/t22-,27-;/m1./s1. The third kappa shape index (κ3) is 6.16. The molecule has 0 spiro atoms. The number of aryl methyl sites for hydroxylation is 1. The predicted molar refractivity (Wildman–Crippen MR) is 151 cm³/mol. The van der Waals surface area contributed by atoms with E-state index in [1.54, 1.807) is 11.8 Å². The van der Waals surface area contributed by atoms with E-state index in [1.165, 1.54) is 19.3 Å². The molecule has 37 heavy (non-hydrogen) atoms. The van der Waals surface area contributed by atoms with E-state index >= 15 is 0 Å². The van der Waals surface area contributed by atoms with Crippen LogP contribution in [0.2, 0.25) is 0 Å². The number of methoxy groups -OCH3 is 1. The minimum Gasteiger partial charge on any atom is -0.497 e. The highest BCUT2D eigenvalue weighted by Gasteiger charge is 2.33. The van der Waals surface area contributed by atoms with E-state index in [2.05, 4.69) is 46.5 Å². The van der Waals surface area contributed by atoms with Crippen molar-refractivity contribution in [2.24, 2.45) is 7.05 Å². The lowest BCUT2D eigenvalue weighted by Gasteiger charge is -2.35. The summed E-state index contributed by atoms with van der Waals surface area (Å²) in [7, 11) is 5.62. The maximum atomic E-state index is 13.4.